The van der Waals surface area contributed by atoms with E-state index in [0.29, 0.717) is 17.9 Å². The smallest absolute Gasteiger partial charge is 0.344 e. The molecule has 0 aromatic heterocycles. The Labute approximate surface area is 117 Å². The van der Waals surface area contributed by atoms with Crippen LogP contribution in [-0.2, 0) is 4.74 Å². The van der Waals surface area contributed by atoms with Gasteiger partial charge < -0.3 is 9.84 Å². The molecule has 0 aliphatic rings. The maximum absolute atomic E-state index is 11.9. The van der Waals surface area contributed by atoms with E-state index < -0.39 is 5.97 Å². The van der Waals surface area contributed by atoms with Crippen molar-refractivity contribution in [2.75, 3.05) is 0 Å². The number of hydrogen-bond donors (Lipinski definition) is 1. The van der Waals surface area contributed by atoms with E-state index in [9.17, 15) is 9.90 Å². The highest BCUT2D eigenvalue weighted by molar-refractivity contribution is 5.99. The number of benzene rings is 2. The summed E-state index contributed by atoms with van der Waals surface area (Å²) >= 11 is 0. The van der Waals surface area contributed by atoms with Gasteiger partial charge in [0.2, 0.25) is 0 Å². The third-order valence-electron chi connectivity index (χ3n) is 2.60. The largest absolute Gasteiger partial charge is 0.508 e. The Hall–Kier alpha value is -2.62. The van der Waals surface area contributed by atoms with Gasteiger partial charge in [-0.1, -0.05) is 31.2 Å². The van der Waals surface area contributed by atoms with Crippen LogP contribution in [0, 0.1) is 0 Å². The average molecular weight is 269 g/mol. The minimum atomic E-state index is -0.530. The second-order valence-corrected chi connectivity index (χ2v) is 4.13. The van der Waals surface area contributed by atoms with Crippen molar-refractivity contribution in [3.05, 3.63) is 60.2 Å². The zero-order chi connectivity index (χ0) is 14.4. The molecule has 0 aliphatic carbocycles. The molecule has 0 heterocycles. The molecular weight excluding hydrogens is 254 g/mol. The lowest BCUT2D eigenvalue weighted by Gasteiger charge is -2.06. The van der Waals surface area contributed by atoms with Gasteiger partial charge in [-0.2, -0.15) is 0 Å². The lowest BCUT2D eigenvalue weighted by atomic mass is 10.2. The fourth-order valence-electron chi connectivity index (χ4n) is 1.62. The number of aromatic hydroxyl groups is 1. The number of hydrogen-bond acceptors (Lipinski definition) is 4. The zero-order valence-corrected chi connectivity index (χ0v) is 11.1. The van der Waals surface area contributed by atoms with Gasteiger partial charge in [0.05, 0.1) is 11.3 Å². The first-order valence-corrected chi connectivity index (χ1v) is 6.33. The van der Waals surface area contributed by atoms with Crippen LogP contribution in [0.3, 0.4) is 0 Å². The Balaban J connectivity index is 2.14. The van der Waals surface area contributed by atoms with Crippen molar-refractivity contribution in [2.45, 2.75) is 13.3 Å². The normalized spacial score (nSPS) is 11.2. The highest BCUT2D eigenvalue weighted by atomic mass is 16.5. The number of para-hydroxylation sites is 1. The molecular formula is C16H15NO3. The van der Waals surface area contributed by atoms with E-state index in [2.05, 4.69) is 4.99 Å². The molecule has 0 amide bonds. The molecule has 2 aromatic carbocycles. The number of nitrogens with zero attached hydrogens (tertiary/aromatic N) is 1. The molecule has 4 heteroatoms. The zero-order valence-electron chi connectivity index (χ0n) is 11.1. The van der Waals surface area contributed by atoms with Crippen LogP contribution in [0.25, 0.3) is 0 Å². The van der Waals surface area contributed by atoms with Crippen LogP contribution in [0.2, 0.25) is 0 Å². The summed E-state index contributed by atoms with van der Waals surface area (Å²) in [4.78, 5) is 16.2. The maximum atomic E-state index is 11.9. The molecule has 20 heavy (non-hydrogen) atoms. The van der Waals surface area contributed by atoms with Crippen molar-refractivity contribution in [2.24, 2.45) is 4.99 Å². The Morgan fingerprint density at radius 1 is 1.15 bits per heavy atom. The summed E-state index contributed by atoms with van der Waals surface area (Å²) in [7, 11) is 0. The van der Waals surface area contributed by atoms with Gasteiger partial charge in [0.25, 0.3) is 0 Å². The molecule has 0 saturated carbocycles. The van der Waals surface area contributed by atoms with Gasteiger partial charge >= 0.3 is 5.97 Å². The Bertz CT molecular complexity index is 621. The summed E-state index contributed by atoms with van der Waals surface area (Å²) in [5.41, 5.74) is 1.02. The van der Waals surface area contributed by atoms with E-state index in [1.165, 1.54) is 12.1 Å². The topological polar surface area (TPSA) is 58.9 Å². The molecule has 102 valence electrons. The summed E-state index contributed by atoms with van der Waals surface area (Å²) in [5, 5.41) is 9.35. The number of phenols is 1. The van der Waals surface area contributed by atoms with Crippen LogP contribution in [0.1, 0.15) is 23.7 Å². The minimum absolute atomic E-state index is 0.0255. The maximum Gasteiger partial charge on any atom is 0.344 e. The summed E-state index contributed by atoms with van der Waals surface area (Å²) in [6, 6.07) is 15.3. The van der Waals surface area contributed by atoms with Crippen LogP contribution >= 0.6 is 0 Å². The van der Waals surface area contributed by atoms with Gasteiger partial charge in [-0.15, -0.1) is 0 Å². The second kappa shape index (κ2) is 6.52. The van der Waals surface area contributed by atoms with E-state index in [1.54, 1.807) is 12.1 Å². The number of esters is 1. The number of carbonyl (C=O) groups is 1. The number of aliphatic imine (C=N–C) groups is 1. The molecule has 0 unspecified atom stereocenters. The van der Waals surface area contributed by atoms with Crippen molar-refractivity contribution in [3.63, 3.8) is 0 Å². The summed E-state index contributed by atoms with van der Waals surface area (Å²) < 4.78 is 5.24. The molecule has 0 saturated heterocycles. The predicted octanol–water partition coefficient (Wildman–Crippen LogP) is 3.69. The van der Waals surface area contributed by atoms with Gasteiger partial charge in [0.15, 0.2) is 5.90 Å². The van der Waals surface area contributed by atoms with E-state index in [0.717, 1.165) is 5.69 Å². The number of rotatable bonds is 3. The molecule has 0 atom stereocenters. The van der Waals surface area contributed by atoms with E-state index in [4.69, 9.17) is 4.74 Å². The van der Waals surface area contributed by atoms with Gasteiger partial charge in [0.1, 0.15) is 5.75 Å². The van der Waals surface area contributed by atoms with Crippen LogP contribution in [0.5, 0.6) is 5.75 Å². The lowest BCUT2D eigenvalue weighted by Crippen LogP contribution is -2.11. The number of carbonyl (C=O) groups excluding carboxylic acids is 1. The standard InChI is InChI=1S/C16H15NO3/c1-2-15(17-13-8-4-3-5-9-13)20-16(19)12-7-6-10-14(18)11-12/h3-11,18H,2H2,1H3. The molecule has 0 bridgehead atoms. The van der Waals surface area contributed by atoms with E-state index in [-0.39, 0.29) is 5.75 Å². The quantitative estimate of drug-likeness (QED) is 0.525. The fourth-order valence-corrected chi connectivity index (χ4v) is 1.62. The first-order chi connectivity index (χ1) is 9.69. The van der Waals surface area contributed by atoms with Gasteiger partial charge in [-0.05, 0) is 30.3 Å². The first kappa shape index (κ1) is 13.8. The fraction of sp³-hybridized carbons (Fsp3) is 0.125. The molecule has 0 radical (unpaired) electrons. The van der Waals surface area contributed by atoms with Gasteiger partial charge in [-0.25, -0.2) is 9.79 Å². The Kier molecular flexibility index (Phi) is 4.50. The van der Waals surface area contributed by atoms with Crippen molar-refractivity contribution in [3.8, 4) is 5.75 Å². The van der Waals surface area contributed by atoms with Crippen molar-refractivity contribution >= 4 is 17.6 Å². The monoisotopic (exact) mass is 269 g/mol. The lowest BCUT2D eigenvalue weighted by molar-refractivity contribution is 0.0712. The molecule has 0 aliphatic heterocycles. The summed E-state index contributed by atoms with van der Waals surface area (Å²) in [6.07, 6.45) is 0.499. The molecule has 2 aromatic rings. The van der Waals surface area contributed by atoms with Crippen LogP contribution < -0.4 is 0 Å². The Morgan fingerprint density at radius 2 is 1.90 bits per heavy atom. The first-order valence-electron chi connectivity index (χ1n) is 6.33. The molecule has 0 fully saturated rings. The Morgan fingerprint density at radius 3 is 2.55 bits per heavy atom. The van der Waals surface area contributed by atoms with Gasteiger partial charge in [0, 0.05) is 6.42 Å². The van der Waals surface area contributed by atoms with Crippen LogP contribution in [0.4, 0.5) is 5.69 Å². The summed E-state index contributed by atoms with van der Waals surface area (Å²) in [5.74, 6) is -0.167. The van der Waals surface area contributed by atoms with Crippen molar-refractivity contribution in [1.82, 2.24) is 0 Å². The average Bonchev–Trinajstić information content (AvgIpc) is 2.47. The third-order valence-corrected chi connectivity index (χ3v) is 2.60. The second-order valence-electron chi connectivity index (χ2n) is 4.13. The van der Waals surface area contributed by atoms with E-state index >= 15 is 0 Å². The highest BCUT2D eigenvalue weighted by Crippen LogP contribution is 2.14. The number of ether oxygens (including phenoxy) is 1. The molecule has 2 rings (SSSR count). The van der Waals surface area contributed by atoms with Crippen molar-refractivity contribution < 1.29 is 14.6 Å². The predicted molar refractivity (Wildman–Crippen MR) is 77.4 cm³/mol. The number of phenolic OH excluding ortho intramolecular Hbond substituents is 1. The summed E-state index contributed by atoms with van der Waals surface area (Å²) in [6.45, 7) is 1.86. The molecule has 4 nitrogen and oxygen atoms in total. The van der Waals surface area contributed by atoms with E-state index in [1.807, 2.05) is 37.3 Å². The van der Waals surface area contributed by atoms with Crippen LogP contribution in [0.15, 0.2) is 59.6 Å². The molecule has 1 N–H and O–H groups in total. The highest BCUT2D eigenvalue weighted by Gasteiger charge is 2.11. The minimum Gasteiger partial charge on any atom is -0.508 e. The third kappa shape index (κ3) is 3.68. The molecule has 0 spiro atoms. The van der Waals surface area contributed by atoms with Crippen LogP contribution in [-0.4, -0.2) is 17.0 Å². The van der Waals surface area contributed by atoms with Crippen molar-refractivity contribution in [1.29, 1.82) is 0 Å². The van der Waals surface area contributed by atoms with Gasteiger partial charge in [-0.3, -0.25) is 0 Å². The SMILES string of the molecule is CCC(=Nc1ccccc1)OC(=O)c1cccc(O)c1.